The van der Waals surface area contributed by atoms with E-state index in [1.165, 1.54) is 6.42 Å². The quantitative estimate of drug-likeness (QED) is 0.589. The number of ether oxygens (including phenoxy) is 1. The number of hydrogen-bond acceptors (Lipinski definition) is 3. The zero-order valence-corrected chi connectivity index (χ0v) is 13.1. The summed E-state index contributed by atoms with van der Waals surface area (Å²) in [7, 11) is 1.77. The van der Waals surface area contributed by atoms with Crippen LogP contribution in [0.3, 0.4) is 0 Å². The van der Waals surface area contributed by atoms with Crippen LogP contribution in [-0.4, -0.2) is 54.8 Å². The first-order valence-corrected chi connectivity index (χ1v) is 7.26. The fraction of sp³-hybridized carbons (Fsp3) is 0.857. The first kappa shape index (κ1) is 14.9. The Kier molecular flexibility index (Phi) is 4.11. The molecule has 1 heterocycles. The molecular formula is C14H26N4O2. The molecule has 1 amide bonds. The van der Waals surface area contributed by atoms with Gasteiger partial charge in [0.1, 0.15) is 5.60 Å². The van der Waals surface area contributed by atoms with Crippen LogP contribution in [0.15, 0.2) is 4.99 Å². The van der Waals surface area contributed by atoms with E-state index < -0.39 is 5.60 Å². The summed E-state index contributed by atoms with van der Waals surface area (Å²) in [6.07, 6.45) is 0.962. The number of nitrogens with one attached hydrogen (secondary N) is 2. The minimum Gasteiger partial charge on any atom is -0.444 e. The number of carbonyl (C=O) groups excluding carboxylic acids is 1. The Morgan fingerprint density at radius 3 is 2.35 bits per heavy atom. The Morgan fingerprint density at radius 1 is 1.30 bits per heavy atom. The van der Waals surface area contributed by atoms with Crippen molar-refractivity contribution in [1.82, 2.24) is 15.5 Å². The average molecular weight is 282 g/mol. The molecular weight excluding hydrogens is 256 g/mol. The first-order chi connectivity index (χ1) is 9.28. The molecule has 114 valence electrons. The zero-order chi connectivity index (χ0) is 14.9. The van der Waals surface area contributed by atoms with Gasteiger partial charge in [0.15, 0.2) is 5.96 Å². The number of carbonyl (C=O) groups is 1. The molecule has 1 saturated carbocycles. The minimum atomic E-state index is -0.435. The molecule has 2 rings (SSSR count). The van der Waals surface area contributed by atoms with E-state index in [0.29, 0.717) is 19.1 Å². The molecule has 0 bridgehead atoms. The van der Waals surface area contributed by atoms with Crippen LogP contribution in [0.4, 0.5) is 4.79 Å². The summed E-state index contributed by atoms with van der Waals surface area (Å²) in [6, 6.07) is 0.797. The Labute approximate surface area is 121 Å². The van der Waals surface area contributed by atoms with Crippen molar-refractivity contribution in [1.29, 1.82) is 0 Å². The highest BCUT2D eigenvalue weighted by Gasteiger charge is 2.36. The van der Waals surface area contributed by atoms with Gasteiger partial charge in [-0.05, 0) is 33.1 Å². The van der Waals surface area contributed by atoms with Crippen LogP contribution in [-0.2, 0) is 4.74 Å². The van der Waals surface area contributed by atoms with Gasteiger partial charge in [-0.3, -0.25) is 4.99 Å². The third-order valence-electron chi connectivity index (χ3n) is 3.53. The maximum atomic E-state index is 11.8. The highest BCUT2D eigenvalue weighted by Crippen LogP contribution is 2.28. The van der Waals surface area contributed by atoms with Crippen LogP contribution in [0.2, 0.25) is 0 Å². The fourth-order valence-electron chi connectivity index (χ4n) is 2.11. The second kappa shape index (κ2) is 5.50. The second-order valence-electron chi connectivity index (χ2n) is 6.76. The van der Waals surface area contributed by atoms with Gasteiger partial charge in [0.25, 0.3) is 0 Å². The number of rotatable bonds is 2. The summed E-state index contributed by atoms with van der Waals surface area (Å²) >= 11 is 0. The van der Waals surface area contributed by atoms with E-state index in [2.05, 4.69) is 22.5 Å². The van der Waals surface area contributed by atoms with Crippen LogP contribution in [0.5, 0.6) is 0 Å². The largest absolute Gasteiger partial charge is 0.444 e. The number of aliphatic imine (C=N–C) groups is 1. The van der Waals surface area contributed by atoms with Crippen LogP contribution < -0.4 is 10.6 Å². The smallest absolute Gasteiger partial charge is 0.410 e. The molecule has 0 aromatic carbocycles. The molecule has 2 unspecified atom stereocenters. The first-order valence-electron chi connectivity index (χ1n) is 7.26. The SMILES string of the molecule is CN=C(NC1CN(C(=O)OC(C)(C)C)C1)NC1CC1C. The van der Waals surface area contributed by atoms with Gasteiger partial charge in [-0.2, -0.15) is 0 Å². The lowest BCUT2D eigenvalue weighted by atomic mass is 10.1. The summed E-state index contributed by atoms with van der Waals surface area (Å²) < 4.78 is 5.32. The molecule has 2 N–H and O–H groups in total. The Hall–Kier alpha value is -1.46. The van der Waals surface area contributed by atoms with Crippen molar-refractivity contribution in [2.75, 3.05) is 20.1 Å². The molecule has 0 radical (unpaired) electrons. The van der Waals surface area contributed by atoms with Crippen molar-refractivity contribution in [3.63, 3.8) is 0 Å². The Bertz CT molecular complexity index is 396. The van der Waals surface area contributed by atoms with Crippen molar-refractivity contribution < 1.29 is 9.53 Å². The number of likely N-dealkylation sites (tertiary alicyclic amines) is 1. The Balaban J connectivity index is 1.69. The van der Waals surface area contributed by atoms with E-state index in [0.717, 1.165) is 11.9 Å². The van der Waals surface area contributed by atoms with Crippen molar-refractivity contribution in [2.24, 2.45) is 10.9 Å². The Morgan fingerprint density at radius 2 is 1.90 bits per heavy atom. The molecule has 1 saturated heterocycles. The van der Waals surface area contributed by atoms with E-state index in [-0.39, 0.29) is 12.1 Å². The van der Waals surface area contributed by atoms with E-state index in [9.17, 15) is 4.79 Å². The number of guanidine groups is 1. The van der Waals surface area contributed by atoms with Gasteiger partial charge in [-0.25, -0.2) is 4.79 Å². The lowest BCUT2D eigenvalue weighted by Gasteiger charge is -2.40. The summed E-state index contributed by atoms with van der Waals surface area (Å²) in [6.45, 7) is 9.18. The number of nitrogens with zero attached hydrogens (tertiary/aromatic N) is 2. The summed E-state index contributed by atoms with van der Waals surface area (Å²) in [5.41, 5.74) is -0.435. The van der Waals surface area contributed by atoms with Gasteiger partial charge in [0.05, 0.1) is 6.04 Å². The van der Waals surface area contributed by atoms with E-state index in [1.54, 1.807) is 11.9 Å². The molecule has 0 aromatic heterocycles. The fourth-order valence-corrected chi connectivity index (χ4v) is 2.11. The molecule has 1 aliphatic heterocycles. The zero-order valence-electron chi connectivity index (χ0n) is 13.1. The molecule has 6 heteroatoms. The lowest BCUT2D eigenvalue weighted by molar-refractivity contribution is 0.00700. The maximum absolute atomic E-state index is 11.8. The van der Waals surface area contributed by atoms with Gasteiger partial charge < -0.3 is 20.3 Å². The molecule has 0 spiro atoms. The molecule has 20 heavy (non-hydrogen) atoms. The predicted molar refractivity (Wildman–Crippen MR) is 78.8 cm³/mol. The van der Waals surface area contributed by atoms with E-state index in [4.69, 9.17) is 4.74 Å². The summed E-state index contributed by atoms with van der Waals surface area (Å²) in [4.78, 5) is 17.7. The second-order valence-corrected chi connectivity index (χ2v) is 6.76. The predicted octanol–water partition coefficient (Wildman–Crippen LogP) is 1.18. The van der Waals surface area contributed by atoms with Gasteiger partial charge in [-0.15, -0.1) is 0 Å². The van der Waals surface area contributed by atoms with Gasteiger partial charge >= 0.3 is 6.09 Å². The van der Waals surface area contributed by atoms with Crippen molar-refractivity contribution in [3.05, 3.63) is 0 Å². The molecule has 0 aromatic rings. The minimum absolute atomic E-state index is 0.241. The molecule has 6 nitrogen and oxygen atoms in total. The molecule has 1 aliphatic carbocycles. The van der Waals surface area contributed by atoms with Gasteiger partial charge in [-0.1, -0.05) is 6.92 Å². The maximum Gasteiger partial charge on any atom is 0.410 e. The van der Waals surface area contributed by atoms with Crippen LogP contribution >= 0.6 is 0 Å². The normalized spacial score (nSPS) is 26.9. The highest BCUT2D eigenvalue weighted by atomic mass is 16.6. The van der Waals surface area contributed by atoms with Crippen molar-refractivity contribution in [3.8, 4) is 0 Å². The molecule has 2 fully saturated rings. The van der Waals surface area contributed by atoms with Crippen LogP contribution in [0, 0.1) is 5.92 Å². The molecule has 2 atom stereocenters. The third kappa shape index (κ3) is 4.02. The summed E-state index contributed by atoms with van der Waals surface area (Å²) in [5.74, 6) is 1.56. The monoisotopic (exact) mass is 282 g/mol. The standard InChI is InChI=1S/C14H26N4O2/c1-9-6-11(9)17-12(15-5)16-10-7-18(8-10)13(19)20-14(2,3)4/h9-11H,6-8H2,1-5H3,(H2,15,16,17). The van der Waals surface area contributed by atoms with Crippen molar-refractivity contribution in [2.45, 2.75) is 51.8 Å². The van der Waals surface area contributed by atoms with Crippen LogP contribution in [0.1, 0.15) is 34.1 Å². The van der Waals surface area contributed by atoms with Gasteiger partial charge in [0.2, 0.25) is 0 Å². The van der Waals surface area contributed by atoms with E-state index in [1.807, 2.05) is 20.8 Å². The van der Waals surface area contributed by atoms with Gasteiger partial charge in [0, 0.05) is 26.2 Å². The van der Waals surface area contributed by atoms with Crippen molar-refractivity contribution >= 4 is 12.1 Å². The van der Waals surface area contributed by atoms with Crippen LogP contribution in [0.25, 0.3) is 0 Å². The summed E-state index contributed by atoms with van der Waals surface area (Å²) in [5, 5.41) is 6.71. The van der Waals surface area contributed by atoms with E-state index >= 15 is 0 Å². The third-order valence-corrected chi connectivity index (χ3v) is 3.53. The lowest BCUT2D eigenvalue weighted by Crippen LogP contribution is -2.63. The number of amides is 1. The number of hydrogen-bond donors (Lipinski definition) is 2. The highest BCUT2D eigenvalue weighted by molar-refractivity contribution is 5.81. The molecule has 2 aliphatic rings. The topological polar surface area (TPSA) is 66.0 Å². The average Bonchev–Trinajstić information content (AvgIpc) is 2.94.